The van der Waals surface area contributed by atoms with Gasteiger partial charge in [-0.2, -0.15) is 4.98 Å². The van der Waals surface area contributed by atoms with Crippen LogP contribution in [0.2, 0.25) is 0 Å². The third kappa shape index (κ3) is 4.27. The Morgan fingerprint density at radius 2 is 2.21 bits per heavy atom. The molecule has 1 aliphatic heterocycles. The average Bonchev–Trinajstić information content (AvgIpc) is 3.27. The summed E-state index contributed by atoms with van der Waals surface area (Å²) >= 11 is 0. The third-order valence-corrected chi connectivity index (χ3v) is 3.89. The topological polar surface area (TPSA) is 95.2 Å². The predicted molar refractivity (Wildman–Crippen MR) is 86.8 cm³/mol. The Morgan fingerprint density at radius 1 is 1.29 bits per heavy atom. The lowest BCUT2D eigenvalue weighted by molar-refractivity contribution is 0.177. The van der Waals surface area contributed by atoms with Crippen molar-refractivity contribution in [2.45, 2.75) is 38.7 Å². The standard InChI is InChI=1S/C16H23N5O3/c1-3-13-20-16(24-21-13)4-6-17-14-8-12(11-5-7-23-9-11)18-15(19-14)10-22-2/h8,11H,3-7,9-10H2,1-2H3,(H,17,18,19)/t11-/m1/s1. The first-order chi connectivity index (χ1) is 11.8. The molecule has 0 saturated carbocycles. The maximum absolute atomic E-state index is 5.46. The Labute approximate surface area is 141 Å². The Morgan fingerprint density at radius 3 is 2.92 bits per heavy atom. The first-order valence-corrected chi connectivity index (χ1v) is 8.28. The largest absolute Gasteiger partial charge is 0.381 e. The molecule has 3 rings (SSSR count). The number of hydrogen-bond acceptors (Lipinski definition) is 8. The second-order valence-corrected chi connectivity index (χ2v) is 5.72. The molecule has 0 aliphatic carbocycles. The summed E-state index contributed by atoms with van der Waals surface area (Å²) in [6.45, 7) is 4.55. The van der Waals surface area contributed by atoms with Gasteiger partial charge in [-0.05, 0) is 6.42 Å². The highest BCUT2D eigenvalue weighted by Crippen LogP contribution is 2.25. The number of ether oxygens (including phenoxy) is 2. The van der Waals surface area contributed by atoms with Gasteiger partial charge in [0.2, 0.25) is 5.89 Å². The van der Waals surface area contributed by atoms with E-state index >= 15 is 0 Å². The molecule has 1 N–H and O–H groups in total. The van der Waals surface area contributed by atoms with Crippen molar-refractivity contribution in [2.24, 2.45) is 0 Å². The van der Waals surface area contributed by atoms with Crippen LogP contribution in [-0.2, 0) is 28.9 Å². The van der Waals surface area contributed by atoms with E-state index in [4.69, 9.17) is 14.0 Å². The van der Waals surface area contributed by atoms with Crippen LogP contribution < -0.4 is 5.32 Å². The fourth-order valence-electron chi connectivity index (χ4n) is 2.61. The van der Waals surface area contributed by atoms with E-state index in [-0.39, 0.29) is 0 Å². The fraction of sp³-hybridized carbons (Fsp3) is 0.625. The quantitative estimate of drug-likeness (QED) is 0.780. The van der Waals surface area contributed by atoms with Crippen LogP contribution in [0.4, 0.5) is 5.82 Å². The SMILES string of the molecule is CCc1noc(CCNc2cc([C@@H]3CCOC3)nc(COC)n2)n1. The molecule has 0 unspecified atom stereocenters. The molecule has 0 aromatic carbocycles. The summed E-state index contributed by atoms with van der Waals surface area (Å²) in [6, 6.07) is 1.99. The summed E-state index contributed by atoms with van der Waals surface area (Å²) < 4.78 is 15.8. The molecule has 2 aromatic rings. The molecule has 1 aliphatic rings. The van der Waals surface area contributed by atoms with Gasteiger partial charge in [-0.3, -0.25) is 0 Å². The second kappa shape index (κ2) is 8.16. The highest BCUT2D eigenvalue weighted by Gasteiger charge is 2.20. The van der Waals surface area contributed by atoms with Gasteiger partial charge in [0.15, 0.2) is 11.6 Å². The zero-order valence-corrected chi connectivity index (χ0v) is 14.1. The molecule has 2 aromatic heterocycles. The molecule has 3 heterocycles. The van der Waals surface area contributed by atoms with Crippen molar-refractivity contribution in [2.75, 3.05) is 32.2 Å². The number of aryl methyl sites for hydroxylation is 1. The van der Waals surface area contributed by atoms with E-state index in [1.54, 1.807) is 7.11 Å². The molecule has 8 nitrogen and oxygen atoms in total. The molecular formula is C16H23N5O3. The monoisotopic (exact) mass is 333 g/mol. The van der Waals surface area contributed by atoms with Crippen LogP contribution in [0.15, 0.2) is 10.6 Å². The summed E-state index contributed by atoms with van der Waals surface area (Å²) in [5.41, 5.74) is 1.00. The van der Waals surface area contributed by atoms with Gasteiger partial charge in [0.25, 0.3) is 0 Å². The number of nitrogens with zero attached hydrogens (tertiary/aromatic N) is 4. The Balaban J connectivity index is 1.64. The molecule has 0 spiro atoms. The van der Waals surface area contributed by atoms with Gasteiger partial charge < -0.3 is 19.3 Å². The minimum Gasteiger partial charge on any atom is -0.381 e. The molecule has 0 amide bonds. The number of nitrogens with one attached hydrogen (secondary N) is 1. The van der Waals surface area contributed by atoms with Gasteiger partial charge in [0.05, 0.1) is 12.3 Å². The van der Waals surface area contributed by atoms with E-state index in [0.29, 0.717) is 43.8 Å². The molecule has 130 valence electrons. The van der Waals surface area contributed by atoms with Crippen LogP contribution in [0.3, 0.4) is 0 Å². The highest BCUT2D eigenvalue weighted by atomic mass is 16.5. The molecule has 1 fully saturated rings. The van der Waals surface area contributed by atoms with Crippen molar-refractivity contribution in [3.05, 3.63) is 29.3 Å². The second-order valence-electron chi connectivity index (χ2n) is 5.72. The highest BCUT2D eigenvalue weighted by molar-refractivity contribution is 5.37. The first kappa shape index (κ1) is 16.8. The molecule has 0 bridgehead atoms. The molecular weight excluding hydrogens is 310 g/mol. The van der Waals surface area contributed by atoms with Crippen LogP contribution in [0.5, 0.6) is 0 Å². The van der Waals surface area contributed by atoms with Crippen molar-refractivity contribution >= 4 is 5.82 Å². The summed E-state index contributed by atoms with van der Waals surface area (Å²) in [5.74, 6) is 3.16. The van der Waals surface area contributed by atoms with E-state index in [9.17, 15) is 0 Å². The molecule has 24 heavy (non-hydrogen) atoms. The van der Waals surface area contributed by atoms with Crippen LogP contribution in [0.25, 0.3) is 0 Å². The van der Waals surface area contributed by atoms with Gasteiger partial charge in [-0.25, -0.2) is 9.97 Å². The number of rotatable bonds is 8. The zero-order chi connectivity index (χ0) is 16.8. The lowest BCUT2D eigenvalue weighted by Crippen LogP contribution is -2.12. The van der Waals surface area contributed by atoms with Crippen LogP contribution in [0, 0.1) is 0 Å². The number of hydrogen-bond donors (Lipinski definition) is 1. The lowest BCUT2D eigenvalue weighted by atomic mass is 10.0. The maximum Gasteiger partial charge on any atom is 0.228 e. The number of aromatic nitrogens is 4. The molecule has 1 saturated heterocycles. The minimum atomic E-state index is 0.326. The van der Waals surface area contributed by atoms with Gasteiger partial charge >= 0.3 is 0 Å². The van der Waals surface area contributed by atoms with Crippen molar-refractivity contribution in [1.82, 2.24) is 20.1 Å². The van der Waals surface area contributed by atoms with Gasteiger partial charge in [0, 0.05) is 45.1 Å². The molecule has 0 radical (unpaired) electrons. The van der Waals surface area contributed by atoms with Crippen LogP contribution in [-0.4, -0.2) is 47.0 Å². The summed E-state index contributed by atoms with van der Waals surface area (Å²) in [7, 11) is 1.64. The third-order valence-electron chi connectivity index (χ3n) is 3.89. The Bertz CT molecular complexity index is 655. The summed E-state index contributed by atoms with van der Waals surface area (Å²) in [6.07, 6.45) is 2.42. The normalized spacial score (nSPS) is 17.3. The van der Waals surface area contributed by atoms with Crippen molar-refractivity contribution in [3.63, 3.8) is 0 Å². The smallest absolute Gasteiger partial charge is 0.228 e. The Hall–Kier alpha value is -2.06. The Kier molecular flexibility index (Phi) is 5.71. The van der Waals surface area contributed by atoms with Crippen molar-refractivity contribution in [1.29, 1.82) is 0 Å². The maximum atomic E-state index is 5.46. The van der Waals surface area contributed by atoms with Gasteiger partial charge in [-0.15, -0.1) is 0 Å². The number of anilines is 1. The van der Waals surface area contributed by atoms with Crippen molar-refractivity contribution < 1.29 is 14.0 Å². The van der Waals surface area contributed by atoms with Crippen molar-refractivity contribution in [3.8, 4) is 0 Å². The van der Waals surface area contributed by atoms with E-state index in [0.717, 1.165) is 36.8 Å². The fourth-order valence-corrected chi connectivity index (χ4v) is 2.61. The van der Waals surface area contributed by atoms with E-state index in [1.807, 2.05) is 13.0 Å². The lowest BCUT2D eigenvalue weighted by Gasteiger charge is -2.12. The zero-order valence-electron chi connectivity index (χ0n) is 14.1. The van der Waals surface area contributed by atoms with Gasteiger partial charge in [0.1, 0.15) is 12.4 Å². The van der Waals surface area contributed by atoms with Crippen LogP contribution in [0.1, 0.15) is 42.5 Å². The first-order valence-electron chi connectivity index (χ1n) is 8.28. The summed E-state index contributed by atoms with van der Waals surface area (Å²) in [5, 5.41) is 7.20. The molecule has 8 heteroatoms. The van der Waals surface area contributed by atoms with E-state index < -0.39 is 0 Å². The minimum absolute atomic E-state index is 0.326. The van der Waals surface area contributed by atoms with Gasteiger partial charge in [-0.1, -0.05) is 12.1 Å². The molecule has 1 atom stereocenters. The summed E-state index contributed by atoms with van der Waals surface area (Å²) in [4.78, 5) is 13.4. The van der Waals surface area contributed by atoms with E-state index in [1.165, 1.54) is 0 Å². The predicted octanol–water partition coefficient (Wildman–Crippen LogP) is 1.73. The van der Waals surface area contributed by atoms with E-state index in [2.05, 4.69) is 25.4 Å². The van der Waals surface area contributed by atoms with Crippen LogP contribution >= 0.6 is 0 Å². The number of methoxy groups -OCH3 is 1. The average molecular weight is 333 g/mol.